The number of hydrogen-bond acceptors (Lipinski definition) is 6. The number of thiophene rings is 1. The quantitative estimate of drug-likeness (QED) is 0.287. The lowest BCUT2D eigenvalue weighted by atomic mass is 10.1. The van der Waals surface area contributed by atoms with Gasteiger partial charge >= 0.3 is 0 Å². The molecule has 0 unspecified atom stereocenters. The fourth-order valence-corrected chi connectivity index (χ4v) is 5.24. The first-order valence-corrected chi connectivity index (χ1v) is 12.7. The lowest BCUT2D eigenvalue weighted by molar-refractivity contribution is 0.0656. The molecule has 2 aliphatic rings. The third-order valence-electron chi connectivity index (χ3n) is 6.22. The first kappa shape index (κ1) is 24.2. The highest BCUT2D eigenvalue weighted by Gasteiger charge is 2.37. The summed E-state index contributed by atoms with van der Waals surface area (Å²) in [5.41, 5.74) is 2.54. The van der Waals surface area contributed by atoms with E-state index >= 15 is 0 Å². The van der Waals surface area contributed by atoms with E-state index in [0.29, 0.717) is 53.5 Å². The number of ether oxygens (including phenoxy) is 1. The van der Waals surface area contributed by atoms with Crippen molar-refractivity contribution in [3.05, 3.63) is 86.1 Å². The van der Waals surface area contributed by atoms with Crippen LogP contribution >= 0.6 is 22.9 Å². The molecule has 2 aliphatic heterocycles. The average Bonchev–Trinajstić information content (AvgIpc) is 3.44. The van der Waals surface area contributed by atoms with Crippen molar-refractivity contribution in [2.75, 3.05) is 38.2 Å². The summed E-state index contributed by atoms with van der Waals surface area (Å²) in [7, 11) is 0. The predicted molar refractivity (Wildman–Crippen MR) is 138 cm³/mol. The first-order valence-electron chi connectivity index (χ1n) is 11.5. The maximum atomic E-state index is 13.2. The maximum Gasteiger partial charge on any atom is 0.265 e. The molecule has 0 spiro atoms. The third kappa shape index (κ3) is 4.77. The van der Waals surface area contributed by atoms with Gasteiger partial charge in [0.05, 0.1) is 39.2 Å². The van der Waals surface area contributed by atoms with Gasteiger partial charge in [0.25, 0.3) is 17.7 Å². The molecule has 0 atom stereocenters. The van der Waals surface area contributed by atoms with Crippen LogP contribution in [0.2, 0.25) is 4.34 Å². The van der Waals surface area contributed by atoms with Gasteiger partial charge < -0.3 is 15.0 Å². The topological polar surface area (TPSA) is 103 Å². The van der Waals surface area contributed by atoms with Gasteiger partial charge in [-0.05, 0) is 36.2 Å². The number of rotatable bonds is 6. The summed E-state index contributed by atoms with van der Waals surface area (Å²) in [6.07, 6.45) is 0.478. The Hall–Kier alpha value is -3.53. The third-order valence-corrected chi connectivity index (χ3v) is 7.45. The van der Waals surface area contributed by atoms with Crippen molar-refractivity contribution in [1.29, 1.82) is 5.41 Å². The summed E-state index contributed by atoms with van der Waals surface area (Å²) in [5, 5.41) is 11.2. The molecule has 5 rings (SSSR count). The number of fused-ring (bicyclic) bond motifs is 1. The van der Waals surface area contributed by atoms with E-state index in [1.165, 1.54) is 4.90 Å². The fourth-order valence-electron chi connectivity index (χ4n) is 4.30. The summed E-state index contributed by atoms with van der Waals surface area (Å²) < 4.78 is 5.84. The predicted octanol–water partition coefficient (Wildman–Crippen LogP) is 4.15. The number of amides is 3. The van der Waals surface area contributed by atoms with E-state index in [2.05, 4.69) is 5.32 Å². The van der Waals surface area contributed by atoms with Gasteiger partial charge in [0.1, 0.15) is 5.84 Å². The number of nitrogens with one attached hydrogen (secondary N) is 2. The minimum absolute atomic E-state index is 0.202. The lowest BCUT2D eigenvalue weighted by Crippen LogP contribution is -2.40. The Kier molecular flexibility index (Phi) is 6.86. The molecule has 0 radical (unpaired) electrons. The molecule has 184 valence electrons. The monoisotopic (exact) mass is 522 g/mol. The number of amidine groups is 1. The summed E-state index contributed by atoms with van der Waals surface area (Å²) in [4.78, 5) is 42.4. The lowest BCUT2D eigenvalue weighted by Gasteiger charge is -2.29. The molecular weight excluding hydrogens is 500 g/mol. The molecule has 1 fully saturated rings. The highest BCUT2D eigenvalue weighted by molar-refractivity contribution is 7.18. The van der Waals surface area contributed by atoms with Crippen LogP contribution in [0.3, 0.4) is 0 Å². The second-order valence-electron chi connectivity index (χ2n) is 8.44. The normalized spacial score (nSPS) is 15.2. The van der Waals surface area contributed by atoms with Crippen LogP contribution in [0, 0.1) is 5.41 Å². The number of imide groups is 1. The molecule has 0 bridgehead atoms. The van der Waals surface area contributed by atoms with Crippen molar-refractivity contribution in [2.24, 2.45) is 0 Å². The van der Waals surface area contributed by atoms with Crippen molar-refractivity contribution in [3.63, 3.8) is 0 Å². The highest BCUT2D eigenvalue weighted by atomic mass is 35.5. The molecule has 36 heavy (non-hydrogen) atoms. The van der Waals surface area contributed by atoms with Gasteiger partial charge in [-0.2, -0.15) is 0 Å². The second-order valence-corrected chi connectivity index (χ2v) is 10.2. The highest BCUT2D eigenvalue weighted by Crippen LogP contribution is 2.31. The Balaban J connectivity index is 1.25. The molecule has 10 heteroatoms. The smallest absolute Gasteiger partial charge is 0.265 e. The van der Waals surface area contributed by atoms with Crippen LogP contribution in [-0.2, 0) is 11.2 Å². The van der Waals surface area contributed by atoms with Crippen LogP contribution in [-0.4, -0.2) is 66.2 Å². The number of carbonyl (C=O) groups is 3. The summed E-state index contributed by atoms with van der Waals surface area (Å²) in [6.45, 7) is 2.84. The molecule has 8 nitrogen and oxygen atoms in total. The van der Waals surface area contributed by atoms with Crippen molar-refractivity contribution in [1.82, 2.24) is 9.80 Å². The summed E-state index contributed by atoms with van der Waals surface area (Å²) in [5.74, 6) is -0.733. The van der Waals surface area contributed by atoms with E-state index in [4.69, 9.17) is 21.7 Å². The Morgan fingerprint density at radius 3 is 2.47 bits per heavy atom. The van der Waals surface area contributed by atoms with Gasteiger partial charge in [-0.25, -0.2) is 0 Å². The van der Waals surface area contributed by atoms with E-state index < -0.39 is 5.91 Å². The molecule has 3 aromatic rings. The molecule has 1 saturated heterocycles. The van der Waals surface area contributed by atoms with E-state index in [1.807, 2.05) is 29.2 Å². The maximum absolute atomic E-state index is 13.2. The number of anilines is 1. The van der Waals surface area contributed by atoms with Gasteiger partial charge in [0.15, 0.2) is 0 Å². The van der Waals surface area contributed by atoms with E-state index in [9.17, 15) is 14.4 Å². The number of carbonyl (C=O) groups excluding carboxylic acids is 3. The molecule has 2 aromatic carbocycles. The van der Waals surface area contributed by atoms with Gasteiger partial charge in [-0.1, -0.05) is 41.9 Å². The van der Waals surface area contributed by atoms with Gasteiger partial charge in [-0.3, -0.25) is 24.7 Å². The average molecular weight is 523 g/mol. The molecule has 2 N–H and O–H groups in total. The van der Waals surface area contributed by atoms with Crippen LogP contribution in [0.1, 0.15) is 41.5 Å². The summed E-state index contributed by atoms with van der Waals surface area (Å²) >= 11 is 7.06. The standard InChI is InChI=1S/C26H23ClN4O4S/c27-21-9-8-20(36-21)24(32)29-19-3-1-2-18-22(19)26(34)31(25(18)33)11-10-16-4-6-17(7-5-16)23(28)30-12-14-35-15-13-30/h1-9,28H,10-15H2,(H,29,32). The van der Waals surface area contributed by atoms with Crippen LogP contribution in [0.15, 0.2) is 54.6 Å². The van der Waals surface area contributed by atoms with Crippen LogP contribution in [0.4, 0.5) is 5.69 Å². The molecule has 0 saturated carbocycles. The van der Waals surface area contributed by atoms with Crippen molar-refractivity contribution in [2.45, 2.75) is 6.42 Å². The van der Waals surface area contributed by atoms with Crippen molar-refractivity contribution < 1.29 is 19.1 Å². The molecule has 1 aromatic heterocycles. The first-order chi connectivity index (χ1) is 17.4. The van der Waals surface area contributed by atoms with Gasteiger partial charge in [-0.15, -0.1) is 11.3 Å². The summed E-state index contributed by atoms with van der Waals surface area (Å²) in [6, 6.07) is 15.7. The van der Waals surface area contributed by atoms with Crippen molar-refractivity contribution >= 4 is 52.2 Å². The molecule has 0 aliphatic carbocycles. The van der Waals surface area contributed by atoms with E-state index in [1.54, 1.807) is 30.3 Å². The number of halogens is 1. The number of nitrogens with zero attached hydrogens (tertiary/aromatic N) is 2. The minimum Gasteiger partial charge on any atom is -0.378 e. The molecular formula is C26H23ClN4O4S. The Labute approximate surface area is 216 Å². The number of benzene rings is 2. The van der Waals surface area contributed by atoms with Crippen LogP contribution in [0.5, 0.6) is 0 Å². The second kappa shape index (κ2) is 10.2. The number of hydrogen-bond donors (Lipinski definition) is 2. The fraction of sp³-hybridized carbons (Fsp3) is 0.231. The largest absolute Gasteiger partial charge is 0.378 e. The van der Waals surface area contributed by atoms with Gasteiger partial charge in [0.2, 0.25) is 0 Å². The minimum atomic E-state index is -0.430. The zero-order chi connectivity index (χ0) is 25.2. The SMILES string of the molecule is N=C(c1ccc(CCN2C(=O)c3cccc(NC(=O)c4ccc(Cl)s4)c3C2=O)cc1)N1CCOCC1. The molecule has 3 heterocycles. The van der Waals surface area contributed by atoms with Crippen molar-refractivity contribution in [3.8, 4) is 0 Å². The number of morpholine rings is 1. The Bertz CT molecular complexity index is 1350. The Morgan fingerprint density at radius 2 is 1.78 bits per heavy atom. The van der Waals surface area contributed by atoms with E-state index in [-0.39, 0.29) is 29.5 Å². The Morgan fingerprint density at radius 1 is 1.03 bits per heavy atom. The zero-order valence-corrected chi connectivity index (χ0v) is 20.8. The molecule has 3 amide bonds. The van der Waals surface area contributed by atoms with Gasteiger partial charge in [0, 0.05) is 25.2 Å². The van der Waals surface area contributed by atoms with Crippen LogP contribution < -0.4 is 5.32 Å². The van der Waals surface area contributed by atoms with Crippen LogP contribution in [0.25, 0.3) is 0 Å². The van der Waals surface area contributed by atoms with E-state index in [0.717, 1.165) is 22.5 Å². The zero-order valence-electron chi connectivity index (χ0n) is 19.3.